The summed E-state index contributed by atoms with van der Waals surface area (Å²) in [5.74, 6) is -0.326. The molecule has 1 aliphatic rings. The minimum Gasteiger partial charge on any atom is -0.490 e. The summed E-state index contributed by atoms with van der Waals surface area (Å²) in [6, 6.07) is 10.7. The third-order valence-electron chi connectivity index (χ3n) is 5.10. The number of ether oxygens (including phenoxy) is 3. The van der Waals surface area contributed by atoms with Gasteiger partial charge in [0.25, 0.3) is 5.91 Å². The maximum Gasteiger partial charge on any atom is 0.338 e. The first-order valence-corrected chi connectivity index (χ1v) is 12.8. The molecule has 1 aliphatic heterocycles. The van der Waals surface area contributed by atoms with Gasteiger partial charge in [-0.3, -0.25) is 4.79 Å². The number of carbonyl (C=O) groups is 2. The molecule has 0 atom stereocenters. The molecule has 10 heteroatoms. The Kier molecular flexibility index (Phi) is 8.89. The van der Waals surface area contributed by atoms with Crippen molar-refractivity contribution in [3.63, 3.8) is 0 Å². The van der Waals surface area contributed by atoms with Crippen LogP contribution in [0.5, 0.6) is 11.5 Å². The zero-order valence-corrected chi connectivity index (χ0v) is 20.2. The molecule has 0 spiro atoms. The molecule has 1 heterocycles. The Morgan fingerprint density at radius 3 is 2.47 bits per heavy atom. The summed E-state index contributed by atoms with van der Waals surface area (Å²) in [5.41, 5.74) is 0.524. The molecule has 1 saturated heterocycles. The van der Waals surface area contributed by atoms with Crippen LogP contribution in [-0.2, 0) is 19.6 Å². The number of amides is 1. The van der Waals surface area contributed by atoms with Crippen LogP contribution >= 0.6 is 0 Å². The molecule has 0 unspecified atom stereocenters. The number of benzene rings is 2. The summed E-state index contributed by atoms with van der Waals surface area (Å²) in [6.45, 7) is 5.18. The van der Waals surface area contributed by atoms with Crippen molar-refractivity contribution in [3.8, 4) is 11.5 Å². The average Bonchev–Trinajstić information content (AvgIpc) is 3.38. The minimum absolute atomic E-state index is 0.109. The van der Waals surface area contributed by atoms with Crippen molar-refractivity contribution >= 4 is 27.6 Å². The predicted molar refractivity (Wildman–Crippen MR) is 127 cm³/mol. The maximum absolute atomic E-state index is 12.7. The van der Waals surface area contributed by atoms with Crippen LogP contribution in [0.2, 0.25) is 0 Å². The molecule has 9 nitrogen and oxygen atoms in total. The second-order valence-corrected chi connectivity index (χ2v) is 9.64. The Hall–Kier alpha value is -3.11. The number of sulfonamides is 1. The normalized spacial score (nSPS) is 13.9. The minimum atomic E-state index is -3.60. The van der Waals surface area contributed by atoms with Crippen molar-refractivity contribution in [1.29, 1.82) is 0 Å². The lowest BCUT2D eigenvalue weighted by atomic mass is 10.2. The van der Waals surface area contributed by atoms with E-state index in [0.29, 0.717) is 43.5 Å². The zero-order valence-electron chi connectivity index (χ0n) is 19.4. The summed E-state index contributed by atoms with van der Waals surface area (Å²) >= 11 is 0. The molecule has 1 amide bonds. The van der Waals surface area contributed by atoms with Crippen molar-refractivity contribution in [2.75, 3.05) is 38.2 Å². The van der Waals surface area contributed by atoms with E-state index in [2.05, 4.69) is 5.32 Å². The highest BCUT2D eigenvalue weighted by Crippen LogP contribution is 2.29. The van der Waals surface area contributed by atoms with Gasteiger partial charge < -0.3 is 19.5 Å². The number of nitrogens with zero attached hydrogens (tertiary/aromatic N) is 1. The van der Waals surface area contributed by atoms with E-state index < -0.39 is 28.5 Å². The van der Waals surface area contributed by atoms with E-state index in [4.69, 9.17) is 14.2 Å². The standard InChI is InChI=1S/C24H30N2O7S/c1-3-14-32-21-11-10-18(15-22(21)31-4-2)24(28)33-17-23(27)25-19-8-7-9-20(16-19)34(29,30)26-12-5-6-13-26/h7-11,15-16H,3-6,12-14,17H2,1-2H3,(H,25,27). The first-order valence-electron chi connectivity index (χ1n) is 11.3. The first-order chi connectivity index (χ1) is 16.3. The number of nitrogens with one attached hydrogen (secondary N) is 1. The predicted octanol–water partition coefficient (Wildman–Crippen LogP) is 3.45. The monoisotopic (exact) mass is 490 g/mol. The molecule has 2 aromatic rings. The third kappa shape index (κ3) is 6.48. The van der Waals surface area contributed by atoms with E-state index in [9.17, 15) is 18.0 Å². The van der Waals surface area contributed by atoms with Crippen LogP contribution in [-0.4, -0.2) is 57.5 Å². The van der Waals surface area contributed by atoms with Gasteiger partial charge in [-0.15, -0.1) is 0 Å². The van der Waals surface area contributed by atoms with E-state index in [0.717, 1.165) is 19.3 Å². The first kappa shape index (κ1) is 25.5. The molecule has 0 aliphatic carbocycles. The van der Waals surface area contributed by atoms with Crippen LogP contribution < -0.4 is 14.8 Å². The highest BCUT2D eigenvalue weighted by molar-refractivity contribution is 7.89. The lowest BCUT2D eigenvalue weighted by Crippen LogP contribution is -2.28. The van der Waals surface area contributed by atoms with E-state index >= 15 is 0 Å². The Balaban J connectivity index is 1.60. The lowest BCUT2D eigenvalue weighted by Gasteiger charge is -2.16. The molecule has 0 saturated carbocycles. The Morgan fingerprint density at radius 2 is 1.76 bits per heavy atom. The van der Waals surface area contributed by atoms with Gasteiger partial charge in [-0.2, -0.15) is 4.31 Å². The van der Waals surface area contributed by atoms with Gasteiger partial charge >= 0.3 is 5.97 Å². The van der Waals surface area contributed by atoms with E-state index in [1.165, 1.54) is 22.5 Å². The number of rotatable bonds is 11. The number of anilines is 1. The van der Waals surface area contributed by atoms with Crippen molar-refractivity contribution in [3.05, 3.63) is 48.0 Å². The SMILES string of the molecule is CCCOc1ccc(C(=O)OCC(=O)Nc2cccc(S(=O)(=O)N3CCCC3)c2)cc1OCC. The second-order valence-electron chi connectivity index (χ2n) is 7.71. The summed E-state index contributed by atoms with van der Waals surface area (Å²) in [5, 5.41) is 2.57. The number of esters is 1. The van der Waals surface area contributed by atoms with Gasteiger partial charge in [-0.25, -0.2) is 13.2 Å². The van der Waals surface area contributed by atoms with Gasteiger partial charge in [0.2, 0.25) is 10.0 Å². The molecule has 0 bridgehead atoms. The summed E-state index contributed by atoms with van der Waals surface area (Å²) < 4.78 is 43.2. The summed E-state index contributed by atoms with van der Waals surface area (Å²) in [7, 11) is -3.60. The Bertz CT molecular complexity index is 1110. The van der Waals surface area contributed by atoms with Crippen LogP contribution in [0.1, 0.15) is 43.5 Å². The zero-order chi connectivity index (χ0) is 24.6. The highest BCUT2D eigenvalue weighted by atomic mass is 32.2. The molecule has 2 aromatic carbocycles. The third-order valence-corrected chi connectivity index (χ3v) is 6.99. The van der Waals surface area contributed by atoms with Crippen molar-refractivity contribution < 1.29 is 32.2 Å². The van der Waals surface area contributed by atoms with Crippen molar-refractivity contribution in [2.45, 2.75) is 38.0 Å². The molecular weight excluding hydrogens is 460 g/mol. The Morgan fingerprint density at radius 1 is 1.00 bits per heavy atom. The summed E-state index contributed by atoms with van der Waals surface area (Å²) in [4.78, 5) is 24.9. The van der Waals surface area contributed by atoms with Crippen LogP contribution in [0.25, 0.3) is 0 Å². The molecule has 0 aromatic heterocycles. The molecular formula is C24H30N2O7S. The second kappa shape index (κ2) is 11.8. The van der Waals surface area contributed by atoms with Crippen LogP contribution in [0.15, 0.2) is 47.4 Å². The molecule has 1 fully saturated rings. The van der Waals surface area contributed by atoms with Gasteiger partial charge in [0.05, 0.1) is 23.7 Å². The Labute approximate surface area is 200 Å². The van der Waals surface area contributed by atoms with Gasteiger partial charge in [-0.05, 0) is 62.6 Å². The van der Waals surface area contributed by atoms with Crippen molar-refractivity contribution in [1.82, 2.24) is 4.31 Å². The van der Waals surface area contributed by atoms with Gasteiger partial charge in [0.1, 0.15) is 0 Å². The molecule has 34 heavy (non-hydrogen) atoms. The average molecular weight is 491 g/mol. The largest absolute Gasteiger partial charge is 0.490 e. The van der Waals surface area contributed by atoms with Gasteiger partial charge in [0.15, 0.2) is 18.1 Å². The summed E-state index contributed by atoms with van der Waals surface area (Å²) in [6.07, 6.45) is 2.50. The fourth-order valence-corrected chi connectivity index (χ4v) is 5.02. The number of hydrogen-bond acceptors (Lipinski definition) is 7. The van der Waals surface area contributed by atoms with E-state index in [-0.39, 0.29) is 10.5 Å². The maximum atomic E-state index is 12.7. The van der Waals surface area contributed by atoms with Gasteiger partial charge in [-0.1, -0.05) is 13.0 Å². The fourth-order valence-electron chi connectivity index (χ4n) is 3.46. The topological polar surface area (TPSA) is 111 Å². The van der Waals surface area contributed by atoms with Crippen LogP contribution in [0, 0.1) is 0 Å². The quantitative estimate of drug-likeness (QED) is 0.480. The lowest BCUT2D eigenvalue weighted by molar-refractivity contribution is -0.119. The number of carbonyl (C=O) groups excluding carboxylic acids is 2. The number of hydrogen-bond donors (Lipinski definition) is 1. The molecule has 0 radical (unpaired) electrons. The highest BCUT2D eigenvalue weighted by Gasteiger charge is 2.27. The van der Waals surface area contributed by atoms with E-state index in [1.807, 2.05) is 13.8 Å². The smallest absolute Gasteiger partial charge is 0.338 e. The molecule has 1 N–H and O–H groups in total. The van der Waals surface area contributed by atoms with Gasteiger partial charge in [0, 0.05) is 18.8 Å². The fraction of sp³-hybridized carbons (Fsp3) is 0.417. The molecule has 3 rings (SSSR count). The van der Waals surface area contributed by atoms with Crippen LogP contribution in [0.3, 0.4) is 0 Å². The van der Waals surface area contributed by atoms with E-state index in [1.54, 1.807) is 24.3 Å². The van der Waals surface area contributed by atoms with Crippen molar-refractivity contribution in [2.24, 2.45) is 0 Å². The molecule has 184 valence electrons. The van der Waals surface area contributed by atoms with Crippen LogP contribution in [0.4, 0.5) is 5.69 Å².